The van der Waals surface area contributed by atoms with Crippen molar-refractivity contribution in [3.05, 3.63) is 0 Å². The summed E-state index contributed by atoms with van der Waals surface area (Å²) in [7, 11) is 1.12. The van der Waals surface area contributed by atoms with Crippen LogP contribution in [0.25, 0.3) is 0 Å². The van der Waals surface area contributed by atoms with E-state index in [1.165, 1.54) is 0 Å². The fourth-order valence-corrected chi connectivity index (χ4v) is 1.36. The van der Waals surface area contributed by atoms with Crippen molar-refractivity contribution >= 4 is 17.7 Å². The van der Waals surface area contributed by atoms with Gasteiger partial charge in [0.1, 0.15) is 13.0 Å². The summed E-state index contributed by atoms with van der Waals surface area (Å²) in [5, 5.41) is 9.22. The van der Waals surface area contributed by atoms with E-state index in [4.69, 9.17) is 9.47 Å². The second-order valence-corrected chi connectivity index (χ2v) is 4.49. The Kier molecular flexibility index (Phi) is 4.80. The molecule has 0 aromatic heterocycles. The van der Waals surface area contributed by atoms with Gasteiger partial charge in [0.05, 0.1) is 20.3 Å². The zero-order valence-corrected chi connectivity index (χ0v) is 10.3. The number of cyclic esters (lactones) is 1. The number of carbonyl (C=O) groups is 3. The molecule has 1 N–H and O–H groups in total. The van der Waals surface area contributed by atoms with Crippen LogP contribution in [0.1, 0.15) is 13.3 Å². The third-order valence-electron chi connectivity index (χ3n) is 2.59. The predicted octanol–water partition coefficient (Wildman–Crippen LogP) is -0.941. The number of Topliss-reactive ketones (excluding diaryl/α,β-unsaturated/α-hetero) is 1. The standard InChI is InChI=1S/C11H16O7/c1-11(4-12)5-17-8(14)3-7(13)9(18-6-11)10(15)16-2/h9,12H,3-6H2,1-2H3. The average Bonchev–Trinajstić information content (AvgIpc) is 2.40. The number of rotatable bonds is 2. The van der Waals surface area contributed by atoms with Crippen molar-refractivity contribution in [1.29, 1.82) is 0 Å². The molecule has 1 heterocycles. The Labute approximate surface area is 104 Å². The number of carbonyl (C=O) groups excluding carboxylic acids is 3. The second-order valence-electron chi connectivity index (χ2n) is 4.49. The molecule has 0 amide bonds. The maximum Gasteiger partial charge on any atom is 0.342 e. The number of ketones is 1. The van der Waals surface area contributed by atoms with E-state index in [1.807, 2.05) is 0 Å². The Hall–Kier alpha value is -1.47. The molecule has 18 heavy (non-hydrogen) atoms. The zero-order valence-electron chi connectivity index (χ0n) is 10.3. The van der Waals surface area contributed by atoms with Crippen molar-refractivity contribution < 1.29 is 33.7 Å². The molecule has 0 aromatic carbocycles. The number of ether oxygens (including phenoxy) is 3. The van der Waals surface area contributed by atoms with Gasteiger partial charge in [-0.05, 0) is 0 Å². The van der Waals surface area contributed by atoms with Crippen LogP contribution in [0, 0.1) is 5.41 Å². The van der Waals surface area contributed by atoms with E-state index in [2.05, 4.69) is 4.74 Å². The molecule has 1 fully saturated rings. The van der Waals surface area contributed by atoms with E-state index in [9.17, 15) is 19.5 Å². The van der Waals surface area contributed by atoms with Gasteiger partial charge in [-0.1, -0.05) is 6.92 Å². The van der Waals surface area contributed by atoms with Gasteiger partial charge in [-0.3, -0.25) is 9.59 Å². The first kappa shape index (κ1) is 14.6. The molecule has 2 atom stereocenters. The van der Waals surface area contributed by atoms with E-state index in [0.717, 1.165) is 7.11 Å². The number of aliphatic hydroxyl groups excluding tert-OH is 1. The van der Waals surface area contributed by atoms with Crippen molar-refractivity contribution in [2.75, 3.05) is 26.9 Å². The van der Waals surface area contributed by atoms with E-state index < -0.39 is 35.7 Å². The molecule has 0 radical (unpaired) electrons. The highest BCUT2D eigenvalue weighted by atomic mass is 16.6. The fourth-order valence-electron chi connectivity index (χ4n) is 1.36. The van der Waals surface area contributed by atoms with Crippen LogP contribution < -0.4 is 0 Å². The van der Waals surface area contributed by atoms with Crippen molar-refractivity contribution in [2.45, 2.75) is 19.4 Å². The molecule has 1 rings (SSSR count). The largest absolute Gasteiger partial charge is 0.467 e. The van der Waals surface area contributed by atoms with E-state index in [-0.39, 0.29) is 19.8 Å². The topological polar surface area (TPSA) is 99.1 Å². The lowest BCUT2D eigenvalue weighted by atomic mass is 9.94. The van der Waals surface area contributed by atoms with Crippen molar-refractivity contribution in [3.63, 3.8) is 0 Å². The summed E-state index contributed by atoms with van der Waals surface area (Å²) in [5.74, 6) is -2.33. The quantitative estimate of drug-likeness (QED) is 0.505. The summed E-state index contributed by atoms with van der Waals surface area (Å²) in [5.41, 5.74) is -0.855. The fraction of sp³-hybridized carbons (Fsp3) is 0.727. The maximum absolute atomic E-state index is 11.6. The first-order valence-corrected chi connectivity index (χ1v) is 5.40. The van der Waals surface area contributed by atoms with Gasteiger partial charge in [-0.25, -0.2) is 4.79 Å². The zero-order chi connectivity index (χ0) is 13.8. The molecule has 0 bridgehead atoms. The Bertz CT molecular complexity index is 351. The van der Waals surface area contributed by atoms with Gasteiger partial charge in [0.15, 0.2) is 5.78 Å². The summed E-state index contributed by atoms with van der Waals surface area (Å²) in [6, 6.07) is 0. The molecule has 7 nitrogen and oxygen atoms in total. The van der Waals surface area contributed by atoms with E-state index in [0.29, 0.717) is 0 Å². The average molecular weight is 260 g/mol. The van der Waals surface area contributed by atoms with Gasteiger partial charge in [0.2, 0.25) is 6.10 Å². The van der Waals surface area contributed by atoms with Gasteiger partial charge in [0.25, 0.3) is 0 Å². The van der Waals surface area contributed by atoms with Crippen LogP contribution in [0.15, 0.2) is 0 Å². The highest BCUT2D eigenvalue weighted by Gasteiger charge is 2.36. The highest BCUT2D eigenvalue weighted by Crippen LogP contribution is 2.20. The van der Waals surface area contributed by atoms with Crippen LogP contribution in [-0.2, 0) is 28.6 Å². The van der Waals surface area contributed by atoms with Crippen LogP contribution in [0.4, 0.5) is 0 Å². The molecule has 1 saturated heterocycles. The van der Waals surface area contributed by atoms with Crippen molar-refractivity contribution in [1.82, 2.24) is 0 Å². The van der Waals surface area contributed by atoms with Gasteiger partial charge < -0.3 is 19.3 Å². The summed E-state index contributed by atoms with van der Waals surface area (Å²) < 4.78 is 14.5. The summed E-state index contributed by atoms with van der Waals surface area (Å²) >= 11 is 0. The van der Waals surface area contributed by atoms with Crippen LogP contribution >= 0.6 is 0 Å². The highest BCUT2D eigenvalue weighted by molar-refractivity contribution is 6.08. The third kappa shape index (κ3) is 3.51. The van der Waals surface area contributed by atoms with E-state index >= 15 is 0 Å². The smallest absolute Gasteiger partial charge is 0.342 e. The molecular formula is C11H16O7. The van der Waals surface area contributed by atoms with Crippen LogP contribution in [0.3, 0.4) is 0 Å². The van der Waals surface area contributed by atoms with Crippen LogP contribution in [-0.4, -0.2) is 55.9 Å². The molecule has 2 unspecified atom stereocenters. The van der Waals surface area contributed by atoms with Crippen LogP contribution in [0.2, 0.25) is 0 Å². The predicted molar refractivity (Wildman–Crippen MR) is 57.5 cm³/mol. The summed E-state index contributed by atoms with van der Waals surface area (Å²) in [4.78, 5) is 34.3. The van der Waals surface area contributed by atoms with E-state index in [1.54, 1.807) is 6.92 Å². The summed E-state index contributed by atoms with van der Waals surface area (Å²) in [6.07, 6.45) is -2.01. The monoisotopic (exact) mass is 260 g/mol. The molecule has 0 spiro atoms. The first-order chi connectivity index (χ1) is 8.41. The second kappa shape index (κ2) is 5.92. The Balaban J connectivity index is 2.89. The minimum absolute atomic E-state index is 0.0799. The number of hydrogen-bond donors (Lipinski definition) is 1. The summed E-state index contributed by atoms with van der Waals surface area (Å²) in [6.45, 7) is 1.14. The van der Waals surface area contributed by atoms with Crippen LogP contribution in [0.5, 0.6) is 0 Å². The maximum atomic E-state index is 11.6. The molecule has 102 valence electrons. The Morgan fingerprint density at radius 2 is 2.17 bits per heavy atom. The lowest BCUT2D eigenvalue weighted by Gasteiger charge is -2.26. The molecule has 0 aliphatic carbocycles. The molecule has 7 heteroatoms. The number of hydrogen-bond acceptors (Lipinski definition) is 7. The molecule has 1 aliphatic rings. The van der Waals surface area contributed by atoms with Gasteiger partial charge in [0, 0.05) is 5.41 Å². The SMILES string of the molecule is COC(=O)C1OCC(C)(CO)COC(=O)CC1=O. The van der Waals surface area contributed by atoms with Crippen molar-refractivity contribution in [2.24, 2.45) is 5.41 Å². The minimum atomic E-state index is -1.45. The van der Waals surface area contributed by atoms with Crippen molar-refractivity contribution in [3.8, 4) is 0 Å². The molecule has 0 aromatic rings. The third-order valence-corrected chi connectivity index (χ3v) is 2.59. The Morgan fingerprint density at radius 1 is 1.50 bits per heavy atom. The lowest BCUT2D eigenvalue weighted by Crippen LogP contribution is -2.39. The Morgan fingerprint density at radius 3 is 2.72 bits per heavy atom. The van der Waals surface area contributed by atoms with Gasteiger partial charge in [-0.15, -0.1) is 0 Å². The minimum Gasteiger partial charge on any atom is -0.467 e. The lowest BCUT2D eigenvalue weighted by molar-refractivity contribution is -0.162. The number of esters is 2. The van der Waals surface area contributed by atoms with Gasteiger partial charge >= 0.3 is 11.9 Å². The molecule has 1 aliphatic heterocycles. The molecular weight excluding hydrogens is 244 g/mol. The number of methoxy groups -OCH3 is 1. The van der Waals surface area contributed by atoms with Gasteiger partial charge in [-0.2, -0.15) is 0 Å². The number of aliphatic hydroxyl groups is 1. The molecule has 0 saturated carbocycles. The normalized spacial score (nSPS) is 29.8. The first-order valence-electron chi connectivity index (χ1n) is 5.40.